The standard InChI is InChI=1S/C12H13ClN4O3S/c1-2-8-10(11(14)17-12(15)16-8)6-3-4-7(13)9(5-6)21(18,19)20/h3-5H,2H2,1H3,(H,18,19,20)(H4,14,15,16,17). The zero-order chi connectivity index (χ0) is 15.8. The smallest absolute Gasteiger partial charge is 0.296 e. The van der Waals surface area contributed by atoms with Crippen molar-refractivity contribution in [3.05, 3.63) is 28.9 Å². The SMILES string of the molecule is CCc1nc(N)nc(N)c1-c1ccc(Cl)c(S(=O)(=O)O)c1. The van der Waals surface area contributed by atoms with E-state index in [1.807, 2.05) is 6.92 Å². The summed E-state index contributed by atoms with van der Waals surface area (Å²) in [5, 5.41) is -0.0887. The summed E-state index contributed by atoms with van der Waals surface area (Å²) >= 11 is 5.79. The molecule has 112 valence electrons. The topological polar surface area (TPSA) is 132 Å². The lowest BCUT2D eigenvalue weighted by atomic mass is 10.0. The van der Waals surface area contributed by atoms with Crippen LogP contribution in [0.2, 0.25) is 5.02 Å². The van der Waals surface area contributed by atoms with Crippen molar-refractivity contribution in [2.24, 2.45) is 0 Å². The van der Waals surface area contributed by atoms with Crippen LogP contribution in [-0.4, -0.2) is 22.9 Å². The Balaban J connectivity index is 2.74. The molecular weight excluding hydrogens is 316 g/mol. The highest BCUT2D eigenvalue weighted by atomic mass is 35.5. The Hall–Kier alpha value is -1.90. The van der Waals surface area contributed by atoms with Crippen LogP contribution >= 0.6 is 11.6 Å². The molecule has 1 aromatic heterocycles. The number of hydrogen-bond acceptors (Lipinski definition) is 6. The molecule has 7 nitrogen and oxygen atoms in total. The quantitative estimate of drug-likeness (QED) is 0.731. The second-order valence-corrected chi connectivity index (χ2v) is 6.06. The van der Waals surface area contributed by atoms with Crippen molar-refractivity contribution in [1.82, 2.24) is 9.97 Å². The minimum Gasteiger partial charge on any atom is -0.383 e. The van der Waals surface area contributed by atoms with Gasteiger partial charge in [0.1, 0.15) is 10.7 Å². The molecule has 0 aliphatic heterocycles. The number of hydrogen-bond donors (Lipinski definition) is 3. The summed E-state index contributed by atoms with van der Waals surface area (Å²) in [5.74, 6) is 0.167. The minimum absolute atomic E-state index is 0.0390. The third-order valence-electron chi connectivity index (χ3n) is 2.86. The van der Waals surface area contributed by atoms with Gasteiger partial charge in [-0.25, -0.2) is 4.98 Å². The van der Waals surface area contributed by atoms with Crippen molar-refractivity contribution in [3.63, 3.8) is 0 Å². The van der Waals surface area contributed by atoms with Gasteiger partial charge in [-0.3, -0.25) is 4.55 Å². The monoisotopic (exact) mass is 328 g/mol. The molecule has 0 radical (unpaired) electrons. The van der Waals surface area contributed by atoms with E-state index in [-0.39, 0.29) is 16.8 Å². The summed E-state index contributed by atoms with van der Waals surface area (Å²) in [4.78, 5) is 7.55. The molecule has 21 heavy (non-hydrogen) atoms. The van der Waals surface area contributed by atoms with Crippen molar-refractivity contribution >= 4 is 33.5 Å². The fourth-order valence-corrected chi connectivity index (χ4v) is 2.97. The highest BCUT2D eigenvalue weighted by molar-refractivity contribution is 7.86. The lowest BCUT2D eigenvalue weighted by molar-refractivity contribution is 0.483. The average Bonchev–Trinajstić information content (AvgIpc) is 2.37. The summed E-state index contributed by atoms with van der Waals surface area (Å²) in [7, 11) is -4.44. The number of aryl methyl sites for hydroxylation is 1. The summed E-state index contributed by atoms with van der Waals surface area (Å²) in [6.45, 7) is 1.85. The number of rotatable bonds is 3. The highest BCUT2D eigenvalue weighted by Gasteiger charge is 2.19. The van der Waals surface area contributed by atoms with E-state index >= 15 is 0 Å². The van der Waals surface area contributed by atoms with Gasteiger partial charge in [-0.2, -0.15) is 13.4 Å². The van der Waals surface area contributed by atoms with Crippen LogP contribution < -0.4 is 11.5 Å². The van der Waals surface area contributed by atoms with Crippen molar-refractivity contribution in [2.75, 3.05) is 11.5 Å². The molecule has 0 aliphatic rings. The Morgan fingerprint density at radius 3 is 2.52 bits per heavy atom. The zero-order valence-electron chi connectivity index (χ0n) is 11.0. The average molecular weight is 329 g/mol. The van der Waals surface area contributed by atoms with Crippen LogP contribution in [-0.2, 0) is 16.5 Å². The molecule has 2 rings (SSSR count). The lowest BCUT2D eigenvalue weighted by Gasteiger charge is -2.12. The molecule has 0 saturated carbocycles. The Labute approximate surface area is 126 Å². The number of anilines is 2. The largest absolute Gasteiger partial charge is 0.383 e. The van der Waals surface area contributed by atoms with Gasteiger partial charge < -0.3 is 11.5 Å². The second-order valence-electron chi connectivity index (χ2n) is 4.26. The summed E-state index contributed by atoms with van der Waals surface area (Å²) in [6.07, 6.45) is 0.524. The molecule has 0 aliphatic carbocycles. The zero-order valence-corrected chi connectivity index (χ0v) is 12.6. The van der Waals surface area contributed by atoms with Crippen LogP contribution in [0.3, 0.4) is 0 Å². The Morgan fingerprint density at radius 1 is 1.29 bits per heavy atom. The van der Waals surface area contributed by atoms with Crippen molar-refractivity contribution in [1.29, 1.82) is 0 Å². The summed E-state index contributed by atoms with van der Waals surface area (Å²) < 4.78 is 31.8. The van der Waals surface area contributed by atoms with E-state index in [4.69, 9.17) is 23.1 Å². The molecule has 0 fully saturated rings. The van der Waals surface area contributed by atoms with Crippen LogP contribution in [0.1, 0.15) is 12.6 Å². The molecule has 2 aromatic rings. The minimum atomic E-state index is -4.44. The Morgan fingerprint density at radius 2 is 1.95 bits per heavy atom. The first-order valence-electron chi connectivity index (χ1n) is 5.93. The highest BCUT2D eigenvalue weighted by Crippen LogP contribution is 2.32. The van der Waals surface area contributed by atoms with Crippen LogP contribution in [0, 0.1) is 0 Å². The van der Waals surface area contributed by atoms with E-state index in [1.165, 1.54) is 12.1 Å². The van der Waals surface area contributed by atoms with Gasteiger partial charge in [-0.1, -0.05) is 24.6 Å². The number of nitrogens with zero attached hydrogens (tertiary/aromatic N) is 2. The fourth-order valence-electron chi connectivity index (χ4n) is 1.97. The molecule has 1 aromatic carbocycles. The van der Waals surface area contributed by atoms with Gasteiger partial charge in [0.2, 0.25) is 5.95 Å². The van der Waals surface area contributed by atoms with Gasteiger partial charge in [0.25, 0.3) is 10.1 Å². The number of nitrogens with two attached hydrogens (primary N) is 2. The van der Waals surface area contributed by atoms with Gasteiger partial charge >= 0.3 is 0 Å². The normalized spacial score (nSPS) is 11.6. The number of aromatic nitrogens is 2. The van der Waals surface area contributed by atoms with E-state index in [0.717, 1.165) is 0 Å². The first-order valence-corrected chi connectivity index (χ1v) is 7.75. The molecule has 0 saturated heterocycles. The predicted molar refractivity (Wildman–Crippen MR) is 80.5 cm³/mol. The van der Waals surface area contributed by atoms with Gasteiger partial charge in [0.05, 0.1) is 10.7 Å². The number of nitrogen functional groups attached to an aromatic ring is 2. The predicted octanol–water partition coefficient (Wildman–Crippen LogP) is 1.77. The molecule has 0 spiro atoms. The third kappa shape index (κ3) is 3.07. The second kappa shape index (κ2) is 5.47. The number of halogens is 1. The molecule has 0 atom stereocenters. The van der Waals surface area contributed by atoms with Gasteiger partial charge in [0.15, 0.2) is 0 Å². The van der Waals surface area contributed by atoms with E-state index < -0.39 is 15.0 Å². The lowest BCUT2D eigenvalue weighted by Crippen LogP contribution is -2.07. The van der Waals surface area contributed by atoms with E-state index in [1.54, 1.807) is 6.07 Å². The maximum absolute atomic E-state index is 11.3. The number of benzene rings is 1. The molecular formula is C12H13ClN4O3S. The maximum atomic E-state index is 11.3. The van der Waals surface area contributed by atoms with Crippen LogP contribution in [0.15, 0.2) is 23.1 Å². The third-order valence-corrected chi connectivity index (χ3v) is 4.20. The van der Waals surface area contributed by atoms with Gasteiger partial charge in [0, 0.05) is 5.56 Å². The van der Waals surface area contributed by atoms with E-state index in [9.17, 15) is 13.0 Å². The Bertz CT molecular complexity index is 808. The van der Waals surface area contributed by atoms with Crippen molar-refractivity contribution < 1.29 is 13.0 Å². The first-order chi connectivity index (χ1) is 9.74. The molecule has 9 heteroatoms. The van der Waals surface area contributed by atoms with Crippen LogP contribution in [0.4, 0.5) is 11.8 Å². The first kappa shape index (κ1) is 15.5. The molecule has 0 unspecified atom stereocenters. The summed E-state index contributed by atoms with van der Waals surface area (Å²) in [5.41, 5.74) is 12.9. The van der Waals surface area contributed by atoms with Gasteiger partial charge in [-0.15, -0.1) is 0 Å². The van der Waals surface area contributed by atoms with E-state index in [0.29, 0.717) is 23.2 Å². The van der Waals surface area contributed by atoms with Crippen LogP contribution in [0.5, 0.6) is 0 Å². The molecule has 5 N–H and O–H groups in total. The molecule has 0 bridgehead atoms. The molecule has 1 heterocycles. The van der Waals surface area contributed by atoms with Crippen molar-refractivity contribution in [2.45, 2.75) is 18.2 Å². The fraction of sp³-hybridized carbons (Fsp3) is 0.167. The summed E-state index contributed by atoms with van der Waals surface area (Å²) in [6, 6.07) is 4.15. The molecule has 0 amide bonds. The Kier molecular flexibility index (Phi) is 4.04. The van der Waals surface area contributed by atoms with Gasteiger partial charge in [-0.05, 0) is 24.1 Å². The van der Waals surface area contributed by atoms with Crippen molar-refractivity contribution in [3.8, 4) is 11.1 Å². The van der Waals surface area contributed by atoms with Crippen LogP contribution in [0.25, 0.3) is 11.1 Å². The van der Waals surface area contributed by atoms with E-state index in [2.05, 4.69) is 9.97 Å². The maximum Gasteiger partial charge on any atom is 0.296 e.